The molecule has 1 atom stereocenters. The molecule has 0 radical (unpaired) electrons. The van der Waals surface area contributed by atoms with Crippen molar-refractivity contribution >= 4 is 28.4 Å². The van der Waals surface area contributed by atoms with Crippen LogP contribution in [0.2, 0.25) is 0 Å². The molecular formula is C20H21F2N3OS. The molecule has 4 rings (SSSR count). The van der Waals surface area contributed by atoms with Crippen LogP contribution in [0.5, 0.6) is 0 Å². The number of amides is 1. The Hall–Kier alpha value is -2.41. The zero-order valence-electron chi connectivity index (χ0n) is 14.4. The van der Waals surface area contributed by atoms with Crippen molar-refractivity contribution < 1.29 is 13.6 Å². The largest absolute Gasteiger partial charge is 0.374 e. The third-order valence-electron chi connectivity index (χ3n) is 4.78. The van der Waals surface area contributed by atoms with Gasteiger partial charge >= 0.3 is 0 Å². The molecule has 142 valence electrons. The average Bonchev–Trinajstić information content (AvgIpc) is 3.01. The van der Waals surface area contributed by atoms with Crippen molar-refractivity contribution in [1.29, 1.82) is 0 Å². The minimum absolute atomic E-state index is 0. The van der Waals surface area contributed by atoms with Crippen molar-refractivity contribution in [2.45, 2.75) is 25.6 Å². The second-order valence-corrected chi connectivity index (χ2v) is 7.70. The van der Waals surface area contributed by atoms with E-state index in [4.69, 9.17) is 0 Å². The molecule has 1 spiro atoms. The van der Waals surface area contributed by atoms with E-state index < -0.39 is 16.5 Å². The molecule has 27 heavy (non-hydrogen) atoms. The highest BCUT2D eigenvalue weighted by molar-refractivity contribution is 8.15. The fourth-order valence-electron chi connectivity index (χ4n) is 3.53. The number of carbonyl (C=O) groups excluding carboxylic acids is 1. The molecule has 2 heterocycles. The van der Waals surface area contributed by atoms with Crippen LogP contribution in [0.4, 0.5) is 14.5 Å². The Morgan fingerprint density at radius 3 is 2.70 bits per heavy atom. The molecule has 0 saturated heterocycles. The van der Waals surface area contributed by atoms with E-state index >= 15 is 0 Å². The first-order chi connectivity index (χ1) is 12.4. The Labute approximate surface area is 161 Å². The van der Waals surface area contributed by atoms with E-state index in [0.717, 1.165) is 36.0 Å². The van der Waals surface area contributed by atoms with E-state index in [9.17, 15) is 13.6 Å². The van der Waals surface area contributed by atoms with Gasteiger partial charge in [-0.2, -0.15) is 5.10 Å². The lowest BCUT2D eigenvalue weighted by Crippen LogP contribution is -2.46. The summed E-state index contributed by atoms with van der Waals surface area (Å²) in [5.41, 5.74) is 2.03. The summed E-state index contributed by atoms with van der Waals surface area (Å²) in [6.45, 7) is 2.17. The molecule has 0 aliphatic carbocycles. The predicted octanol–water partition coefficient (Wildman–Crippen LogP) is 4.55. The van der Waals surface area contributed by atoms with Gasteiger partial charge in [0, 0.05) is 43.8 Å². The van der Waals surface area contributed by atoms with Gasteiger partial charge in [-0.1, -0.05) is 37.4 Å². The molecular weight excluding hydrogens is 368 g/mol. The van der Waals surface area contributed by atoms with E-state index in [0.29, 0.717) is 11.5 Å². The maximum atomic E-state index is 14.3. The van der Waals surface area contributed by atoms with Crippen LogP contribution in [0.3, 0.4) is 0 Å². The molecule has 2 aliphatic rings. The zero-order valence-corrected chi connectivity index (χ0v) is 15.2. The van der Waals surface area contributed by atoms with Crippen molar-refractivity contribution in [3.8, 4) is 0 Å². The Bertz CT molecular complexity index is 933. The lowest BCUT2D eigenvalue weighted by Gasteiger charge is -2.43. The minimum atomic E-state index is -0.747. The Morgan fingerprint density at radius 2 is 1.96 bits per heavy atom. The zero-order chi connectivity index (χ0) is 18.5. The fraction of sp³-hybridized carbons (Fsp3) is 0.300. The molecule has 0 aromatic heterocycles. The van der Waals surface area contributed by atoms with Gasteiger partial charge in [0.05, 0.1) is 0 Å². The lowest BCUT2D eigenvalue weighted by atomic mass is 9.95. The molecule has 0 saturated carbocycles. The van der Waals surface area contributed by atoms with E-state index in [-0.39, 0.29) is 18.9 Å². The third-order valence-corrected chi connectivity index (χ3v) is 6.21. The molecule has 0 fully saturated rings. The summed E-state index contributed by atoms with van der Waals surface area (Å²) >= 11 is 1.31. The molecule has 2 aromatic rings. The number of rotatable bonds is 1. The number of hydrogen-bond acceptors (Lipinski definition) is 4. The summed E-state index contributed by atoms with van der Waals surface area (Å²) in [6, 6.07) is 11.1. The summed E-state index contributed by atoms with van der Waals surface area (Å²) in [7, 11) is 2.00. The molecule has 0 bridgehead atoms. The quantitative estimate of drug-likeness (QED) is 0.718. The standard InChI is InChI=1S/C19H17F2N3OS.CH4/c1-12(25)24-19(9-10-23(2)17-6-4-3-5-15(17)19)26-18(22-24)14-11-13(20)7-8-16(14)21;/h3-8,11H,9-10H2,1-2H3;1H4. The number of thioether (sulfide) groups is 1. The van der Waals surface area contributed by atoms with Crippen LogP contribution in [-0.2, 0) is 9.67 Å². The monoisotopic (exact) mass is 389 g/mol. The number of benzene rings is 2. The number of carbonyl (C=O) groups is 1. The molecule has 2 aliphatic heterocycles. The molecule has 2 aromatic carbocycles. The van der Waals surface area contributed by atoms with Gasteiger partial charge < -0.3 is 4.90 Å². The van der Waals surface area contributed by atoms with Crippen LogP contribution in [-0.4, -0.2) is 29.6 Å². The van der Waals surface area contributed by atoms with Crippen molar-refractivity contribution in [2.24, 2.45) is 5.10 Å². The van der Waals surface area contributed by atoms with Gasteiger partial charge in [-0.15, -0.1) is 0 Å². The average molecular weight is 389 g/mol. The summed E-state index contributed by atoms with van der Waals surface area (Å²) in [5, 5.41) is 6.13. The maximum absolute atomic E-state index is 14.3. The predicted molar refractivity (Wildman–Crippen MR) is 106 cm³/mol. The SMILES string of the molecule is C.CC(=O)N1N=C(c2cc(F)ccc2F)SC12CCN(C)c1ccccc12. The first-order valence-corrected chi connectivity index (χ1v) is 9.08. The highest BCUT2D eigenvalue weighted by Gasteiger charge is 2.51. The van der Waals surface area contributed by atoms with Crippen molar-refractivity contribution in [1.82, 2.24) is 5.01 Å². The van der Waals surface area contributed by atoms with Gasteiger partial charge in [0.25, 0.3) is 0 Å². The fourth-order valence-corrected chi connectivity index (χ4v) is 4.97. The van der Waals surface area contributed by atoms with Crippen LogP contribution in [0.15, 0.2) is 47.6 Å². The summed E-state index contributed by atoms with van der Waals surface area (Å²) in [4.78, 5) is 13.7. The highest BCUT2D eigenvalue weighted by atomic mass is 32.2. The number of fused-ring (bicyclic) bond motifs is 2. The molecule has 1 amide bonds. The van der Waals surface area contributed by atoms with Crippen LogP contribution < -0.4 is 4.90 Å². The van der Waals surface area contributed by atoms with Gasteiger partial charge in [0.15, 0.2) is 0 Å². The molecule has 0 N–H and O–H groups in total. The number of hydrazone groups is 1. The third kappa shape index (κ3) is 3.00. The lowest BCUT2D eigenvalue weighted by molar-refractivity contribution is -0.132. The van der Waals surface area contributed by atoms with Gasteiger partial charge in [-0.25, -0.2) is 13.8 Å². The number of anilines is 1. The summed E-state index contributed by atoms with van der Waals surface area (Å²) in [6.07, 6.45) is 0.634. The van der Waals surface area contributed by atoms with Crippen LogP contribution in [0.1, 0.15) is 31.9 Å². The van der Waals surface area contributed by atoms with Crippen LogP contribution in [0.25, 0.3) is 0 Å². The Morgan fingerprint density at radius 1 is 1.22 bits per heavy atom. The van der Waals surface area contributed by atoms with E-state index in [1.165, 1.54) is 23.7 Å². The second-order valence-electron chi connectivity index (χ2n) is 6.44. The van der Waals surface area contributed by atoms with E-state index in [1.54, 1.807) is 0 Å². The molecule has 7 heteroatoms. The van der Waals surface area contributed by atoms with Crippen molar-refractivity contribution in [2.75, 3.05) is 18.5 Å². The smallest absolute Gasteiger partial charge is 0.241 e. The van der Waals surface area contributed by atoms with Crippen LogP contribution >= 0.6 is 11.8 Å². The Kier molecular flexibility index (Phi) is 4.99. The van der Waals surface area contributed by atoms with E-state index in [1.807, 2.05) is 31.3 Å². The first kappa shape index (κ1) is 19.4. The molecule has 4 nitrogen and oxygen atoms in total. The molecule has 1 unspecified atom stereocenters. The maximum Gasteiger partial charge on any atom is 0.241 e. The van der Waals surface area contributed by atoms with Gasteiger partial charge in [0.1, 0.15) is 21.5 Å². The van der Waals surface area contributed by atoms with Gasteiger partial charge in [-0.05, 0) is 24.3 Å². The Balaban J connectivity index is 0.00000210. The topological polar surface area (TPSA) is 35.9 Å². The van der Waals surface area contributed by atoms with Gasteiger partial charge in [0.2, 0.25) is 5.91 Å². The summed E-state index contributed by atoms with van der Waals surface area (Å²) in [5.74, 6) is -1.33. The number of nitrogens with zero attached hydrogens (tertiary/aromatic N) is 3. The number of para-hydroxylation sites is 1. The highest BCUT2D eigenvalue weighted by Crippen LogP contribution is 2.54. The van der Waals surface area contributed by atoms with Gasteiger partial charge in [-0.3, -0.25) is 4.79 Å². The number of halogens is 2. The van der Waals surface area contributed by atoms with E-state index in [2.05, 4.69) is 10.0 Å². The second kappa shape index (κ2) is 6.96. The normalized spacial score (nSPS) is 21.0. The van der Waals surface area contributed by atoms with Crippen molar-refractivity contribution in [3.05, 3.63) is 65.2 Å². The minimum Gasteiger partial charge on any atom is -0.374 e. The summed E-state index contributed by atoms with van der Waals surface area (Å²) < 4.78 is 28.0. The number of hydrogen-bond donors (Lipinski definition) is 0. The first-order valence-electron chi connectivity index (χ1n) is 8.27. The van der Waals surface area contributed by atoms with Crippen molar-refractivity contribution in [3.63, 3.8) is 0 Å². The van der Waals surface area contributed by atoms with Crippen LogP contribution in [0, 0.1) is 11.6 Å².